The summed E-state index contributed by atoms with van der Waals surface area (Å²) in [6.45, 7) is 5.64. The second-order valence-corrected chi connectivity index (χ2v) is 3.50. The summed E-state index contributed by atoms with van der Waals surface area (Å²) in [5.41, 5.74) is 0.849. The lowest BCUT2D eigenvalue weighted by molar-refractivity contribution is 0.621. The Balaban J connectivity index is 2.97. The number of rotatable bonds is 3. The monoisotopic (exact) mass is 198 g/mol. The Morgan fingerprint density at radius 1 is 1.62 bits per heavy atom. The lowest BCUT2D eigenvalue weighted by Gasteiger charge is -2.10. The molecule has 2 heteroatoms. The van der Waals surface area contributed by atoms with Crippen LogP contribution in [-0.2, 0) is 0 Å². The summed E-state index contributed by atoms with van der Waals surface area (Å²) in [5, 5.41) is 0.621. The molecule has 0 aliphatic rings. The van der Waals surface area contributed by atoms with Crippen molar-refractivity contribution in [2.75, 3.05) is 0 Å². The van der Waals surface area contributed by atoms with Crippen LogP contribution in [0.4, 0.5) is 4.39 Å². The van der Waals surface area contributed by atoms with E-state index >= 15 is 0 Å². The van der Waals surface area contributed by atoms with Crippen LogP contribution in [0.3, 0.4) is 0 Å². The SMILES string of the molecule is C=CCC(C)c1cc(F)ccc1Cl. The van der Waals surface area contributed by atoms with Gasteiger partial charge in [0, 0.05) is 5.02 Å². The summed E-state index contributed by atoms with van der Waals surface area (Å²) < 4.78 is 12.9. The van der Waals surface area contributed by atoms with Gasteiger partial charge < -0.3 is 0 Å². The highest BCUT2D eigenvalue weighted by Gasteiger charge is 2.08. The van der Waals surface area contributed by atoms with Crippen LogP contribution in [0.1, 0.15) is 24.8 Å². The van der Waals surface area contributed by atoms with Gasteiger partial charge in [0.25, 0.3) is 0 Å². The van der Waals surface area contributed by atoms with Crippen LogP contribution < -0.4 is 0 Å². The summed E-state index contributed by atoms with van der Waals surface area (Å²) in [5.74, 6) is -0.0176. The Labute approximate surface area is 83.0 Å². The first kappa shape index (κ1) is 10.3. The van der Waals surface area contributed by atoms with Gasteiger partial charge in [0.1, 0.15) is 5.82 Å². The summed E-state index contributed by atoms with van der Waals surface area (Å²) >= 11 is 5.93. The summed E-state index contributed by atoms with van der Waals surface area (Å²) in [4.78, 5) is 0. The molecule has 0 aliphatic carbocycles. The van der Waals surface area contributed by atoms with Crippen LogP contribution in [0.15, 0.2) is 30.9 Å². The molecule has 0 saturated heterocycles. The maximum atomic E-state index is 12.9. The largest absolute Gasteiger partial charge is 0.207 e. The van der Waals surface area contributed by atoms with E-state index < -0.39 is 0 Å². The average Bonchev–Trinajstić information content (AvgIpc) is 2.09. The first-order valence-corrected chi connectivity index (χ1v) is 4.58. The van der Waals surface area contributed by atoms with Gasteiger partial charge in [-0.1, -0.05) is 24.6 Å². The highest BCUT2D eigenvalue weighted by molar-refractivity contribution is 6.31. The topological polar surface area (TPSA) is 0 Å². The maximum absolute atomic E-state index is 12.9. The van der Waals surface area contributed by atoms with Gasteiger partial charge in [-0.3, -0.25) is 0 Å². The van der Waals surface area contributed by atoms with Crippen LogP contribution in [0.5, 0.6) is 0 Å². The number of allylic oxidation sites excluding steroid dienone is 1. The van der Waals surface area contributed by atoms with E-state index in [4.69, 9.17) is 11.6 Å². The first-order valence-electron chi connectivity index (χ1n) is 4.21. The predicted molar refractivity (Wildman–Crippen MR) is 54.6 cm³/mol. The van der Waals surface area contributed by atoms with Gasteiger partial charge in [-0.2, -0.15) is 0 Å². The fourth-order valence-electron chi connectivity index (χ4n) is 1.27. The molecule has 0 amide bonds. The molecule has 1 atom stereocenters. The van der Waals surface area contributed by atoms with E-state index in [9.17, 15) is 4.39 Å². The molecule has 0 saturated carbocycles. The lowest BCUT2D eigenvalue weighted by atomic mass is 9.98. The minimum absolute atomic E-state index is 0.223. The van der Waals surface area contributed by atoms with Crippen LogP contribution >= 0.6 is 11.6 Å². The molecular formula is C11H12ClF. The van der Waals surface area contributed by atoms with Crippen molar-refractivity contribution in [1.29, 1.82) is 0 Å². The molecule has 1 rings (SSSR count). The van der Waals surface area contributed by atoms with E-state index in [2.05, 4.69) is 6.58 Å². The van der Waals surface area contributed by atoms with Gasteiger partial charge in [-0.25, -0.2) is 4.39 Å². The molecule has 0 aromatic heterocycles. The maximum Gasteiger partial charge on any atom is 0.123 e. The molecule has 1 unspecified atom stereocenters. The highest BCUT2D eigenvalue weighted by atomic mass is 35.5. The summed E-state index contributed by atoms with van der Waals surface area (Å²) in [6.07, 6.45) is 2.62. The van der Waals surface area contributed by atoms with Crippen LogP contribution in [-0.4, -0.2) is 0 Å². The summed E-state index contributed by atoms with van der Waals surface area (Å²) in [6, 6.07) is 4.44. The van der Waals surface area contributed by atoms with E-state index in [1.165, 1.54) is 12.1 Å². The molecule has 13 heavy (non-hydrogen) atoms. The molecule has 0 aliphatic heterocycles. The standard InChI is InChI=1S/C11H12ClF/c1-3-4-8(2)10-7-9(13)5-6-11(10)12/h3,5-8H,1,4H2,2H3. The van der Waals surface area contributed by atoms with Crippen molar-refractivity contribution in [2.45, 2.75) is 19.3 Å². The van der Waals surface area contributed by atoms with Crippen molar-refractivity contribution in [3.05, 3.63) is 47.3 Å². The molecule has 0 fully saturated rings. The van der Waals surface area contributed by atoms with Crippen molar-refractivity contribution in [2.24, 2.45) is 0 Å². The van der Waals surface area contributed by atoms with Gasteiger partial charge in [0.2, 0.25) is 0 Å². The van der Waals surface area contributed by atoms with Crippen molar-refractivity contribution in [3.8, 4) is 0 Å². The number of halogens is 2. The van der Waals surface area contributed by atoms with Gasteiger partial charge in [0.05, 0.1) is 0 Å². The van der Waals surface area contributed by atoms with E-state index in [1.54, 1.807) is 6.07 Å². The zero-order valence-corrected chi connectivity index (χ0v) is 8.31. The van der Waals surface area contributed by atoms with Crippen LogP contribution in [0, 0.1) is 5.82 Å². The van der Waals surface area contributed by atoms with E-state index in [0.717, 1.165) is 12.0 Å². The van der Waals surface area contributed by atoms with Crippen molar-refractivity contribution in [3.63, 3.8) is 0 Å². The van der Waals surface area contributed by atoms with E-state index in [-0.39, 0.29) is 11.7 Å². The Morgan fingerprint density at radius 3 is 2.92 bits per heavy atom. The second kappa shape index (κ2) is 4.43. The fraction of sp³-hybridized carbons (Fsp3) is 0.273. The second-order valence-electron chi connectivity index (χ2n) is 3.09. The predicted octanol–water partition coefficient (Wildman–Crippen LogP) is 4.16. The minimum atomic E-state index is -0.240. The Hall–Kier alpha value is -0.820. The smallest absolute Gasteiger partial charge is 0.123 e. The molecule has 0 bridgehead atoms. The third-order valence-electron chi connectivity index (χ3n) is 2.01. The van der Waals surface area contributed by atoms with Crippen molar-refractivity contribution in [1.82, 2.24) is 0 Å². The van der Waals surface area contributed by atoms with Gasteiger partial charge in [0.15, 0.2) is 0 Å². The Bertz CT molecular complexity index is 307. The average molecular weight is 199 g/mol. The Morgan fingerprint density at radius 2 is 2.31 bits per heavy atom. The molecule has 1 aromatic carbocycles. The van der Waals surface area contributed by atoms with E-state index in [1.807, 2.05) is 13.0 Å². The molecule has 0 N–H and O–H groups in total. The molecule has 0 radical (unpaired) electrons. The Kier molecular flexibility index (Phi) is 3.49. The van der Waals surface area contributed by atoms with Gasteiger partial charge in [-0.05, 0) is 36.1 Å². The normalized spacial score (nSPS) is 12.5. The van der Waals surface area contributed by atoms with Crippen LogP contribution in [0.2, 0.25) is 5.02 Å². The van der Waals surface area contributed by atoms with Gasteiger partial charge in [-0.15, -0.1) is 6.58 Å². The third kappa shape index (κ3) is 2.56. The third-order valence-corrected chi connectivity index (χ3v) is 2.35. The van der Waals surface area contributed by atoms with Crippen LogP contribution in [0.25, 0.3) is 0 Å². The molecule has 0 nitrogen and oxygen atoms in total. The molecule has 0 spiro atoms. The first-order chi connectivity index (χ1) is 6.15. The lowest BCUT2D eigenvalue weighted by Crippen LogP contribution is -1.93. The van der Waals surface area contributed by atoms with E-state index in [0.29, 0.717) is 5.02 Å². The molecule has 0 heterocycles. The van der Waals surface area contributed by atoms with Crippen molar-refractivity contribution >= 4 is 11.6 Å². The number of hydrogen-bond donors (Lipinski definition) is 0. The quantitative estimate of drug-likeness (QED) is 0.640. The zero-order valence-electron chi connectivity index (χ0n) is 7.56. The highest BCUT2D eigenvalue weighted by Crippen LogP contribution is 2.27. The minimum Gasteiger partial charge on any atom is -0.207 e. The molecular weight excluding hydrogens is 187 g/mol. The molecule has 70 valence electrons. The fourth-order valence-corrected chi connectivity index (χ4v) is 1.57. The molecule has 1 aromatic rings. The number of benzene rings is 1. The van der Waals surface area contributed by atoms with Crippen molar-refractivity contribution < 1.29 is 4.39 Å². The zero-order chi connectivity index (χ0) is 9.84. The van der Waals surface area contributed by atoms with Gasteiger partial charge >= 0.3 is 0 Å². The summed E-state index contributed by atoms with van der Waals surface area (Å²) in [7, 11) is 0. The number of hydrogen-bond acceptors (Lipinski definition) is 0.